The third-order valence-corrected chi connectivity index (χ3v) is 6.06. The average Bonchev–Trinajstić information content (AvgIpc) is 3.46. The number of benzene rings is 1. The van der Waals surface area contributed by atoms with E-state index < -0.39 is 15.7 Å². The fraction of sp³-hybridized carbons (Fsp3) is 0.500. The molecule has 0 bridgehead atoms. The number of sulfonamides is 1. The molecule has 1 fully saturated rings. The van der Waals surface area contributed by atoms with Crippen molar-refractivity contribution in [3.05, 3.63) is 29.8 Å². The van der Waals surface area contributed by atoms with Crippen LogP contribution in [-0.2, 0) is 14.8 Å². The molecule has 0 saturated carbocycles. The molecule has 1 amide bonds. The number of hydrogen-bond acceptors (Lipinski definition) is 6. The molecule has 0 aromatic heterocycles. The molecule has 1 aromatic carbocycles. The number of nitrogens with zero attached hydrogens (tertiary/aromatic N) is 3. The van der Waals surface area contributed by atoms with Crippen molar-refractivity contribution in [1.82, 2.24) is 9.62 Å². The lowest BCUT2D eigenvalue weighted by atomic mass is 10.1. The van der Waals surface area contributed by atoms with Gasteiger partial charge in [-0.3, -0.25) is 4.79 Å². The molecule has 3 rings (SSSR count). The zero-order valence-electron chi connectivity index (χ0n) is 14.9. The Morgan fingerprint density at radius 2 is 1.89 bits per heavy atom. The molecular weight excluding hydrogens is 368 g/mol. The van der Waals surface area contributed by atoms with Crippen molar-refractivity contribution in [2.45, 2.75) is 29.8 Å². The Morgan fingerprint density at radius 3 is 2.48 bits per heavy atom. The minimum absolute atomic E-state index is 0.114. The maximum absolute atomic E-state index is 12.4. The molecule has 8 nitrogen and oxygen atoms in total. The zero-order valence-corrected chi connectivity index (χ0v) is 15.7. The van der Waals surface area contributed by atoms with Gasteiger partial charge in [0.25, 0.3) is 5.91 Å². The van der Waals surface area contributed by atoms with Gasteiger partial charge in [0.2, 0.25) is 10.0 Å². The predicted molar refractivity (Wildman–Crippen MR) is 98.6 cm³/mol. The molecule has 27 heavy (non-hydrogen) atoms. The summed E-state index contributed by atoms with van der Waals surface area (Å²) in [7, 11) is -3.66. The highest BCUT2D eigenvalue weighted by Crippen LogP contribution is 2.36. The Bertz CT molecular complexity index is 846. The molecule has 2 aliphatic rings. The van der Waals surface area contributed by atoms with Crippen LogP contribution in [-0.4, -0.2) is 57.7 Å². The third kappa shape index (κ3) is 4.91. The second kappa shape index (κ2) is 8.17. The first-order chi connectivity index (χ1) is 13.0. The number of nitrogens with one attached hydrogen (secondary N) is 1. The van der Waals surface area contributed by atoms with Gasteiger partial charge in [-0.15, -0.1) is 12.3 Å². The Morgan fingerprint density at radius 1 is 1.22 bits per heavy atom. The van der Waals surface area contributed by atoms with Crippen molar-refractivity contribution in [1.29, 1.82) is 0 Å². The molecule has 9 heteroatoms. The van der Waals surface area contributed by atoms with Gasteiger partial charge >= 0.3 is 0 Å². The Hall–Kier alpha value is -2.28. The van der Waals surface area contributed by atoms with Gasteiger partial charge in [-0.2, -0.15) is 10.2 Å². The average molecular weight is 390 g/mol. The summed E-state index contributed by atoms with van der Waals surface area (Å²) in [5.74, 6) is 2.42. The number of carbonyl (C=O) groups excluding carboxylic acids is 1. The number of amides is 1. The number of ether oxygens (including phenoxy) is 1. The summed E-state index contributed by atoms with van der Waals surface area (Å²) < 4.78 is 32.6. The molecule has 0 unspecified atom stereocenters. The van der Waals surface area contributed by atoms with E-state index in [4.69, 9.17) is 11.2 Å². The summed E-state index contributed by atoms with van der Waals surface area (Å²) in [6, 6.07) is 5.95. The van der Waals surface area contributed by atoms with E-state index in [1.165, 1.54) is 24.3 Å². The van der Waals surface area contributed by atoms with Gasteiger partial charge in [-0.1, -0.05) is 0 Å². The Labute approximate surface area is 159 Å². The highest BCUT2D eigenvalue weighted by atomic mass is 32.2. The van der Waals surface area contributed by atoms with Gasteiger partial charge < -0.3 is 9.64 Å². The summed E-state index contributed by atoms with van der Waals surface area (Å²) in [5.41, 5.74) is -0.0665. The third-order valence-electron chi connectivity index (χ3n) is 4.58. The monoisotopic (exact) mass is 390 g/mol. The molecule has 1 aromatic rings. The highest BCUT2D eigenvalue weighted by Gasteiger charge is 2.38. The summed E-state index contributed by atoms with van der Waals surface area (Å²) in [5, 5.41) is 7.97. The number of rotatable bonds is 8. The SMILES string of the molecule is C#CCCC1(CCNS(=O)(=O)c2ccc(C(=O)N3CCOCC3)cc2)N=N1. The zero-order chi connectivity index (χ0) is 19.3. The lowest BCUT2D eigenvalue weighted by Gasteiger charge is -2.26. The number of hydrogen-bond donors (Lipinski definition) is 1. The minimum atomic E-state index is -3.66. The summed E-state index contributed by atoms with van der Waals surface area (Å²) in [6.45, 7) is 2.33. The number of morpholine rings is 1. The van der Waals surface area contributed by atoms with Gasteiger partial charge in [-0.05, 0) is 24.3 Å². The molecule has 144 valence electrons. The van der Waals surface area contributed by atoms with Crippen molar-refractivity contribution < 1.29 is 17.9 Å². The van der Waals surface area contributed by atoms with E-state index in [0.717, 1.165) is 0 Å². The van der Waals surface area contributed by atoms with E-state index in [9.17, 15) is 13.2 Å². The fourth-order valence-electron chi connectivity index (χ4n) is 2.86. The van der Waals surface area contributed by atoms with E-state index in [-0.39, 0.29) is 17.3 Å². The normalized spacial score (nSPS) is 18.1. The van der Waals surface area contributed by atoms with Crippen LogP contribution >= 0.6 is 0 Å². The van der Waals surface area contributed by atoms with Gasteiger partial charge in [0.05, 0.1) is 18.1 Å². The van der Waals surface area contributed by atoms with Crippen molar-refractivity contribution >= 4 is 15.9 Å². The van der Waals surface area contributed by atoms with Gasteiger partial charge in [-0.25, -0.2) is 13.1 Å². The second-order valence-electron chi connectivity index (χ2n) is 6.46. The maximum atomic E-state index is 12.4. The van der Waals surface area contributed by atoms with E-state index in [0.29, 0.717) is 51.1 Å². The Balaban J connectivity index is 1.55. The van der Waals surface area contributed by atoms with Crippen LogP contribution < -0.4 is 4.72 Å². The Kier molecular flexibility index (Phi) is 5.89. The summed E-state index contributed by atoms with van der Waals surface area (Å²) in [6.07, 6.45) is 6.90. The van der Waals surface area contributed by atoms with E-state index in [1.807, 2.05) is 0 Å². The molecular formula is C18H22N4O4S. The van der Waals surface area contributed by atoms with Crippen LogP contribution in [0.5, 0.6) is 0 Å². The van der Waals surface area contributed by atoms with Crippen LogP contribution in [0.1, 0.15) is 29.6 Å². The van der Waals surface area contributed by atoms with Crippen LogP contribution in [0, 0.1) is 12.3 Å². The first kappa shape index (κ1) is 19.5. The van der Waals surface area contributed by atoms with Crippen LogP contribution in [0.3, 0.4) is 0 Å². The van der Waals surface area contributed by atoms with E-state index >= 15 is 0 Å². The number of terminal acetylenes is 1. The highest BCUT2D eigenvalue weighted by molar-refractivity contribution is 7.89. The first-order valence-corrected chi connectivity index (χ1v) is 10.3. The van der Waals surface area contributed by atoms with Crippen LogP contribution in [0.15, 0.2) is 39.4 Å². The summed E-state index contributed by atoms with van der Waals surface area (Å²) in [4.78, 5) is 14.2. The van der Waals surface area contributed by atoms with Gasteiger partial charge in [0, 0.05) is 44.5 Å². The quantitative estimate of drug-likeness (QED) is 0.678. The molecule has 2 heterocycles. The second-order valence-corrected chi connectivity index (χ2v) is 8.23. The van der Waals surface area contributed by atoms with Gasteiger partial charge in [0.1, 0.15) is 0 Å². The molecule has 1 saturated heterocycles. The molecule has 0 radical (unpaired) electrons. The lowest BCUT2D eigenvalue weighted by molar-refractivity contribution is 0.0303. The lowest BCUT2D eigenvalue weighted by Crippen LogP contribution is -2.40. The molecule has 0 aliphatic carbocycles. The molecule has 0 atom stereocenters. The maximum Gasteiger partial charge on any atom is 0.254 e. The minimum Gasteiger partial charge on any atom is -0.378 e. The van der Waals surface area contributed by atoms with Crippen molar-refractivity contribution in [2.75, 3.05) is 32.8 Å². The van der Waals surface area contributed by atoms with Gasteiger partial charge in [0.15, 0.2) is 5.66 Å². The van der Waals surface area contributed by atoms with E-state index in [2.05, 4.69) is 20.9 Å². The molecule has 2 aliphatic heterocycles. The van der Waals surface area contributed by atoms with Crippen LogP contribution in [0.2, 0.25) is 0 Å². The predicted octanol–water partition coefficient (Wildman–Crippen LogP) is 1.40. The topological polar surface area (TPSA) is 100 Å². The largest absolute Gasteiger partial charge is 0.378 e. The van der Waals surface area contributed by atoms with Crippen LogP contribution in [0.4, 0.5) is 0 Å². The molecule has 1 N–H and O–H groups in total. The van der Waals surface area contributed by atoms with Crippen molar-refractivity contribution in [3.8, 4) is 12.3 Å². The van der Waals surface area contributed by atoms with E-state index in [1.54, 1.807) is 4.90 Å². The summed E-state index contributed by atoms with van der Waals surface area (Å²) >= 11 is 0. The van der Waals surface area contributed by atoms with Crippen LogP contribution in [0.25, 0.3) is 0 Å². The fourth-order valence-corrected chi connectivity index (χ4v) is 3.89. The van der Waals surface area contributed by atoms with Crippen molar-refractivity contribution in [2.24, 2.45) is 10.2 Å². The molecule has 0 spiro atoms. The number of carbonyl (C=O) groups is 1. The van der Waals surface area contributed by atoms with Crippen molar-refractivity contribution in [3.63, 3.8) is 0 Å². The first-order valence-electron chi connectivity index (χ1n) is 8.80. The smallest absolute Gasteiger partial charge is 0.254 e. The standard InChI is InChI=1S/C18H22N4O4S/c1-2-3-8-18(20-21-18)9-10-19-27(24,25)16-6-4-15(5-7-16)17(23)22-11-13-26-14-12-22/h1,4-7,19H,3,8-14H2.